The van der Waals surface area contributed by atoms with E-state index < -0.39 is 0 Å². The summed E-state index contributed by atoms with van der Waals surface area (Å²) in [6, 6.07) is 14.2. The Kier molecular flexibility index (Phi) is 5.51. The molecule has 0 bridgehead atoms. The fourth-order valence-corrected chi connectivity index (χ4v) is 3.28. The summed E-state index contributed by atoms with van der Waals surface area (Å²) in [7, 11) is 1.67. The number of nitrogens with zero attached hydrogens (tertiary/aromatic N) is 1. The highest BCUT2D eigenvalue weighted by atomic mass is 16.7. The average Bonchev–Trinajstić information content (AvgIpc) is 2.74. The minimum absolute atomic E-state index is 0.172. The second-order valence-corrected chi connectivity index (χ2v) is 6.46. The molecule has 0 amide bonds. The Balaban J connectivity index is 1.57. The van der Waals surface area contributed by atoms with Crippen LogP contribution in [-0.2, 0) is 9.47 Å². The number of methoxy groups -OCH3 is 1. The molecule has 27 heavy (non-hydrogen) atoms. The highest BCUT2D eigenvalue weighted by molar-refractivity contribution is 5.96. The van der Waals surface area contributed by atoms with E-state index in [1.807, 2.05) is 42.7 Å². The molecule has 3 aromatic rings. The third-order valence-corrected chi connectivity index (χ3v) is 4.63. The molecule has 1 aliphatic heterocycles. The van der Waals surface area contributed by atoms with Crippen molar-refractivity contribution in [2.24, 2.45) is 0 Å². The molecule has 1 saturated heterocycles. The van der Waals surface area contributed by atoms with Gasteiger partial charge in [0.15, 0.2) is 6.29 Å². The standard InChI is InChI=1S/C22H23NO4/c1-24-18-12-17(20-5-2-4-16-15-23-8-6-21(16)20)13-19(14-18)25-11-7-22-26-9-3-10-27-22/h2,4-6,8,12-15,22H,3,7,9-11H2,1H3. The molecule has 5 heteroatoms. The number of hydrogen-bond donors (Lipinski definition) is 0. The van der Waals surface area contributed by atoms with E-state index >= 15 is 0 Å². The lowest BCUT2D eigenvalue weighted by molar-refractivity contribution is -0.183. The number of benzene rings is 2. The summed E-state index contributed by atoms with van der Waals surface area (Å²) < 4.78 is 22.6. The number of fused-ring (bicyclic) bond motifs is 1. The molecule has 0 saturated carbocycles. The van der Waals surface area contributed by atoms with Gasteiger partial charge in [0.1, 0.15) is 11.5 Å². The molecule has 0 spiro atoms. The molecule has 1 aliphatic rings. The first kappa shape index (κ1) is 17.8. The number of aromatic nitrogens is 1. The van der Waals surface area contributed by atoms with E-state index in [4.69, 9.17) is 18.9 Å². The van der Waals surface area contributed by atoms with Crippen LogP contribution in [0.3, 0.4) is 0 Å². The van der Waals surface area contributed by atoms with Crippen LogP contribution in [0.4, 0.5) is 0 Å². The van der Waals surface area contributed by atoms with Crippen molar-refractivity contribution in [2.45, 2.75) is 19.1 Å². The van der Waals surface area contributed by atoms with Crippen molar-refractivity contribution in [1.29, 1.82) is 0 Å². The Labute approximate surface area is 158 Å². The Hall–Kier alpha value is -2.63. The topological polar surface area (TPSA) is 49.8 Å². The summed E-state index contributed by atoms with van der Waals surface area (Å²) in [4.78, 5) is 4.21. The summed E-state index contributed by atoms with van der Waals surface area (Å²) >= 11 is 0. The Morgan fingerprint density at radius 3 is 2.78 bits per heavy atom. The van der Waals surface area contributed by atoms with E-state index in [1.54, 1.807) is 7.11 Å². The van der Waals surface area contributed by atoms with Gasteiger partial charge in [0.2, 0.25) is 0 Å². The maximum absolute atomic E-state index is 5.97. The van der Waals surface area contributed by atoms with Crippen molar-refractivity contribution in [3.63, 3.8) is 0 Å². The molecule has 1 aromatic heterocycles. The van der Waals surface area contributed by atoms with Crippen LogP contribution in [0, 0.1) is 0 Å². The number of pyridine rings is 1. The maximum atomic E-state index is 5.97. The summed E-state index contributed by atoms with van der Waals surface area (Å²) in [5.41, 5.74) is 2.17. The lowest BCUT2D eigenvalue weighted by Gasteiger charge is -2.23. The number of rotatable bonds is 6. The summed E-state index contributed by atoms with van der Waals surface area (Å²) in [6.45, 7) is 2.03. The van der Waals surface area contributed by atoms with Crippen molar-refractivity contribution >= 4 is 10.8 Å². The third kappa shape index (κ3) is 4.21. The minimum atomic E-state index is -0.172. The van der Waals surface area contributed by atoms with Crippen LogP contribution in [0.25, 0.3) is 21.9 Å². The molecule has 4 rings (SSSR count). The molecule has 0 N–H and O–H groups in total. The van der Waals surface area contributed by atoms with E-state index in [2.05, 4.69) is 17.1 Å². The quantitative estimate of drug-likeness (QED) is 0.646. The van der Waals surface area contributed by atoms with Gasteiger partial charge in [0.25, 0.3) is 0 Å². The number of hydrogen-bond acceptors (Lipinski definition) is 5. The molecule has 2 aromatic carbocycles. The van der Waals surface area contributed by atoms with Gasteiger partial charge in [-0.05, 0) is 41.1 Å². The van der Waals surface area contributed by atoms with Gasteiger partial charge in [-0.15, -0.1) is 0 Å². The van der Waals surface area contributed by atoms with E-state index in [0.29, 0.717) is 13.0 Å². The fourth-order valence-electron chi connectivity index (χ4n) is 3.28. The van der Waals surface area contributed by atoms with Gasteiger partial charge in [-0.3, -0.25) is 4.98 Å². The molecule has 5 nitrogen and oxygen atoms in total. The van der Waals surface area contributed by atoms with Gasteiger partial charge < -0.3 is 18.9 Å². The zero-order valence-corrected chi connectivity index (χ0v) is 15.4. The van der Waals surface area contributed by atoms with Crippen LogP contribution in [0.1, 0.15) is 12.8 Å². The van der Waals surface area contributed by atoms with E-state index in [9.17, 15) is 0 Å². The van der Waals surface area contributed by atoms with E-state index in [-0.39, 0.29) is 6.29 Å². The third-order valence-electron chi connectivity index (χ3n) is 4.63. The predicted octanol–water partition coefficient (Wildman–Crippen LogP) is 4.44. The first-order valence-corrected chi connectivity index (χ1v) is 9.22. The fraction of sp³-hybridized carbons (Fsp3) is 0.318. The molecule has 0 atom stereocenters. The van der Waals surface area contributed by atoms with Gasteiger partial charge in [-0.1, -0.05) is 18.2 Å². The van der Waals surface area contributed by atoms with Crippen LogP contribution in [0.2, 0.25) is 0 Å². The van der Waals surface area contributed by atoms with Gasteiger partial charge >= 0.3 is 0 Å². The summed E-state index contributed by atoms with van der Waals surface area (Å²) in [6.07, 6.45) is 5.17. The Morgan fingerprint density at radius 1 is 1.07 bits per heavy atom. The van der Waals surface area contributed by atoms with Crippen molar-refractivity contribution in [2.75, 3.05) is 26.9 Å². The first-order chi connectivity index (χ1) is 13.3. The Bertz CT molecular complexity index is 900. The lowest BCUT2D eigenvalue weighted by atomic mass is 9.99. The monoisotopic (exact) mass is 365 g/mol. The van der Waals surface area contributed by atoms with Crippen molar-refractivity contribution in [3.8, 4) is 22.6 Å². The predicted molar refractivity (Wildman–Crippen MR) is 104 cm³/mol. The molecular weight excluding hydrogens is 342 g/mol. The summed E-state index contributed by atoms with van der Waals surface area (Å²) in [5.74, 6) is 1.53. The van der Waals surface area contributed by atoms with Crippen molar-refractivity contribution in [3.05, 3.63) is 54.9 Å². The zero-order valence-electron chi connectivity index (χ0n) is 15.4. The van der Waals surface area contributed by atoms with Crippen LogP contribution in [-0.4, -0.2) is 38.2 Å². The molecule has 140 valence electrons. The van der Waals surface area contributed by atoms with E-state index in [1.165, 1.54) is 0 Å². The largest absolute Gasteiger partial charge is 0.497 e. The van der Waals surface area contributed by atoms with Gasteiger partial charge in [0.05, 0.1) is 26.9 Å². The van der Waals surface area contributed by atoms with Crippen LogP contribution < -0.4 is 9.47 Å². The molecule has 2 heterocycles. The smallest absolute Gasteiger partial charge is 0.160 e. The van der Waals surface area contributed by atoms with Crippen LogP contribution in [0.5, 0.6) is 11.5 Å². The average molecular weight is 365 g/mol. The van der Waals surface area contributed by atoms with Crippen molar-refractivity contribution in [1.82, 2.24) is 4.98 Å². The minimum Gasteiger partial charge on any atom is -0.497 e. The highest BCUT2D eigenvalue weighted by Gasteiger charge is 2.14. The Morgan fingerprint density at radius 2 is 1.93 bits per heavy atom. The lowest BCUT2D eigenvalue weighted by Crippen LogP contribution is -2.26. The molecule has 1 fully saturated rings. The van der Waals surface area contributed by atoms with Crippen molar-refractivity contribution < 1.29 is 18.9 Å². The van der Waals surface area contributed by atoms with Crippen LogP contribution >= 0.6 is 0 Å². The zero-order chi connectivity index (χ0) is 18.5. The molecular formula is C22H23NO4. The van der Waals surface area contributed by atoms with Gasteiger partial charge in [0, 0.05) is 30.3 Å². The maximum Gasteiger partial charge on any atom is 0.160 e. The normalized spacial score (nSPS) is 15.0. The van der Waals surface area contributed by atoms with Gasteiger partial charge in [-0.2, -0.15) is 0 Å². The van der Waals surface area contributed by atoms with Gasteiger partial charge in [-0.25, -0.2) is 0 Å². The summed E-state index contributed by atoms with van der Waals surface area (Å²) in [5, 5.41) is 2.25. The second kappa shape index (κ2) is 8.37. The SMILES string of the molecule is COc1cc(OCCC2OCCCO2)cc(-c2cccc3cnccc23)c1. The van der Waals surface area contributed by atoms with E-state index in [0.717, 1.165) is 53.0 Å². The highest BCUT2D eigenvalue weighted by Crippen LogP contribution is 2.34. The first-order valence-electron chi connectivity index (χ1n) is 9.22. The molecule has 0 aliphatic carbocycles. The number of ether oxygens (including phenoxy) is 4. The van der Waals surface area contributed by atoms with Crippen LogP contribution in [0.15, 0.2) is 54.9 Å². The molecule has 0 unspecified atom stereocenters. The molecule has 0 radical (unpaired) electrons. The second-order valence-electron chi connectivity index (χ2n) is 6.46.